The topological polar surface area (TPSA) is 237 Å². The van der Waals surface area contributed by atoms with E-state index in [1.165, 1.54) is 161 Å². The largest absolute Gasteiger partial charge is 0.472 e. The van der Waals surface area contributed by atoms with Gasteiger partial charge in [0.2, 0.25) is 0 Å². The first-order chi connectivity index (χ1) is 44.1. The van der Waals surface area contributed by atoms with Crippen LogP contribution in [-0.2, 0) is 65.4 Å². The Morgan fingerprint density at radius 2 is 0.457 bits per heavy atom. The number of hydrogen-bond acceptors (Lipinski definition) is 15. The van der Waals surface area contributed by atoms with Crippen LogP contribution in [0.2, 0.25) is 0 Å². The Morgan fingerprint density at radius 1 is 0.272 bits per heavy atom. The van der Waals surface area contributed by atoms with Crippen molar-refractivity contribution in [2.75, 3.05) is 39.6 Å². The van der Waals surface area contributed by atoms with Crippen molar-refractivity contribution in [3.63, 3.8) is 0 Å². The van der Waals surface area contributed by atoms with Crippen LogP contribution in [0, 0.1) is 23.7 Å². The average Bonchev–Trinajstić information content (AvgIpc) is 1.83. The van der Waals surface area contributed by atoms with E-state index in [1.807, 2.05) is 0 Å². The average molecular weight is 1350 g/mol. The van der Waals surface area contributed by atoms with Crippen molar-refractivity contribution in [2.24, 2.45) is 23.7 Å². The van der Waals surface area contributed by atoms with Crippen molar-refractivity contribution in [3.05, 3.63) is 0 Å². The van der Waals surface area contributed by atoms with Gasteiger partial charge in [0, 0.05) is 25.7 Å². The number of esters is 4. The van der Waals surface area contributed by atoms with Gasteiger partial charge in [-0.2, -0.15) is 0 Å². The van der Waals surface area contributed by atoms with Gasteiger partial charge in [-0.1, -0.05) is 312 Å². The number of phosphoric ester groups is 2. The van der Waals surface area contributed by atoms with Crippen LogP contribution in [0.1, 0.15) is 364 Å². The molecular formula is C73H142O17P2. The SMILES string of the molecule is CC(C)CCCCCCCCCCCCCCCCC(=O)OC[C@H](COP(=O)(O)OC[C@@H](O)COP(=O)(O)OC[C@@H](COC(=O)CCCCCCCCC(C)C)OC(=O)CCCCCCCCCCCCCC(C)C)OC(=O)CCCCCCCCCCCC(C)C. The molecule has 0 saturated heterocycles. The molecule has 546 valence electrons. The van der Waals surface area contributed by atoms with Crippen molar-refractivity contribution < 1.29 is 80.2 Å². The van der Waals surface area contributed by atoms with Gasteiger partial charge in [-0.3, -0.25) is 37.3 Å². The summed E-state index contributed by atoms with van der Waals surface area (Å²) in [5.41, 5.74) is 0. The zero-order valence-electron chi connectivity index (χ0n) is 60.2. The van der Waals surface area contributed by atoms with Gasteiger partial charge in [-0.25, -0.2) is 9.13 Å². The predicted octanol–water partition coefficient (Wildman–Crippen LogP) is 20.9. The molecule has 0 bridgehead atoms. The molecule has 0 aromatic rings. The molecule has 0 rings (SSSR count). The van der Waals surface area contributed by atoms with E-state index in [1.54, 1.807) is 0 Å². The standard InChI is InChI=1S/C73H142O17P2/c1-63(2)49-41-33-25-19-14-11-9-10-12-16-22-28-37-45-53-70(75)83-59-68(89-73(78)56-48-40-30-24-18-21-27-35-43-51-65(5)6)61-87-91(79,80)85-57-67(74)58-86-92(81,82)88-62-69(60-84-71(76)54-46-38-32-31-36-44-52-66(7)8)90-72(77)55-47-39-29-23-17-13-15-20-26-34-42-50-64(3)4/h63-69,74H,9-62H2,1-8H3,(H,79,80)(H,81,82)/t67-,68-,69-/m1/s1. The van der Waals surface area contributed by atoms with Crippen LogP contribution >= 0.6 is 15.6 Å². The number of phosphoric acid groups is 2. The number of carbonyl (C=O) groups is 4. The number of aliphatic hydroxyl groups excluding tert-OH is 1. The molecule has 0 saturated carbocycles. The molecule has 0 fully saturated rings. The van der Waals surface area contributed by atoms with E-state index in [-0.39, 0.29) is 25.7 Å². The summed E-state index contributed by atoms with van der Waals surface area (Å²) in [4.78, 5) is 72.6. The fourth-order valence-corrected chi connectivity index (χ4v) is 12.6. The molecule has 0 aromatic carbocycles. The molecule has 0 radical (unpaired) electrons. The van der Waals surface area contributed by atoms with Crippen molar-refractivity contribution in [3.8, 4) is 0 Å². The van der Waals surface area contributed by atoms with Gasteiger partial charge in [-0.05, 0) is 49.4 Å². The number of unbranched alkanes of at least 4 members (excludes halogenated alkanes) is 36. The highest BCUT2D eigenvalue weighted by atomic mass is 31.2. The Morgan fingerprint density at radius 3 is 0.674 bits per heavy atom. The summed E-state index contributed by atoms with van der Waals surface area (Å²) in [6, 6.07) is 0. The lowest BCUT2D eigenvalue weighted by molar-refractivity contribution is -0.161. The van der Waals surface area contributed by atoms with Crippen LogP contribution in [0.3, 0.4) is 0 Å². The van der Waals surface area contributed by atoms with Crippen LogP contribution in [0.4, 0.5) is 0 Å². The van der Waals surface area contributed by atoms with E-state index in [4.69, 9.17) is 37.0 Å². The monoisotopic (exact) mass is 1350 g/mol. The highest BCUT2D eigenvalue weighted by Crippen LogP contribution is 2.45. The van der Waals surface area contributed by atoms with Crippen LogP contribution in [-0.4, -0.2) is 96.7 Å². The molecular weight excluding hydrogens is 1210 g/mol. The van der Waals surface area contributed by atoms with E-state index in [9.17, 15) is 43.2 Å². The third-order valence-electron chi connectivity index (χ3n) is 16.8. The van der Waals surface area contributed by atoms with Gasteiger partial charge in [0.25, 0.3) is 0 Å². The Balaban J connectivity index is 5.22. The molecule has 0 aliphatic carbocycles. The van der Waals surface area contributed by atoms with Crippen molar-refractivity contribution in [1.29, 1.82) is 0 Å². The van der Waals surface area contributed by atoms with Crippen LogP contribution in [0.5, 0.6) is 0 Å². The molecule has 19 heteroatoms. The Labute approximate surface area is 562 Å². The van der Waals surface area contributed by atoms with Crippen LogP contribution in [0.15, 0.2) is 0 Å². The first-order valence-electron chi connectivity index (χ1n) is 37.7. The van der Waals surface area contributed by atoms with E-state index in [2.05, 4.69) is 55.4 Å². The van der Waals surface area contributed by atoms with E-state index < -0.39 is 97.5 Å². The maximum atomic E-state index is 13.0. The molecule has 0 heterocycles. The minimum atomic E-state index is -4.95. The second kappa shape index (κ2) is 62.6. The quantitative estimate of drug-likeness (QED) is 0.0222. The molecule has 2 unspecified atom stereocenters. The lowest BCUT2D eigenvalue weighted by Gasteiger charge is -2.21. The normalized spacial score (nSPS) is 14.2. The zero-order chi connectivity index (χ0) is 68.2. The summed E-state index contributed by atoms with van der Waals surface area (Å²) in [5.74, 6) is 0.853. The lowest BCUT2D eigenvalue weighted by atomic mass is 10.0. The fourth-order valence-electron chi connectivity index (χ4n) is 11.0. The van der Waals surface area contributed by atoms with Gasteiger partial charge in [0.1, 0.15) is 19.3 Å². The van der Waals surface area contributed by atoms with E-state index in [0.29, 0.717) is 31.6 Å². The van der Waals surface area contributed by atoms with Gasteiger partial charge < -0.3 is 33.8 Å². The minimum absolute atomic E-state index is 0.105. The number of rotatable bonds is 70. The maximum absolute atomic E-state index is 13.0. The molecule has 0 aliphatic rings. The first kappa shape index (κ1) is 90.1. The summed E-state index contributed by atoms with van der Waals surface area (Å²) in [6.45, 7) is 14.1. The van der Waals surface area contributed by atoms with Gasteiger partial charge in [0.05, 0.1) is 26.4 Å². The third-order valence-corrected chi connectivity index (χ3v) is 18.7. The molecule has 0 aliphatic heterocycles. The Hall–Kier alpha value is -1.94. The second-order valence-electron chi connectivity index (χ2n) is 28.2. The molecule has 0 aromatic heterocycles. The van der Waals surface area contributed by atoms with E-state index in [0.717, 1.165) is 114 Å². The number of hydrogen-bond donors (Lipinski definition) is 3. The van der Waals surface area contributed by atoms with E-state index >= 15 is 0 Å². The molecule has 5 atom stereocenters. The Kier molecular flexibility index (Phi) is 61.3. The van der Waals surface area contributed by atoms with Gasteiger partial charge in [-0.15, -0.1) is 0 Å². The predicted molar refractivity (Wildman–Crippen MR) is 372 cm³/mol. The maximum Gasteiger partial charge on any atom is 0.472 e. The van der Waals surface area contributed by atoms with Crippen molar-refractivity contribution in [2.45, 2.75) is 382 Å². The zero-order valence-corrected chi connectivity index (χ0v) is 62.0. The third kappa shape index (κ3) is 66.7. The van der Waals surface area contributed by atoms with Crippen molar-refractivity contribution in [1.82, 2.24) is 0 Å². The Bertz CT molecular complexity index is 1820. The highest BCUT2D eigenvalue weighted by molar-refractivity contribution is 7.47. The summed E-state index contributed by atoms with van der Waals surface area (Å²) >= 11 is 0. The summed E-state index contributed by atoms with van der Waals surface area (Å²) in [6.07, 6.45) is 46.0. The number of carbonyl (C=O) groups excluding carboxylic acids is 4. The molecule has 0 spiro atoms. The highest BCUT2D eigenvalue weighted by Gasteiger charge is 2.30. The summed E-state index contributed by atoms with van der Waals surface area (Å²) in [7, 11) is -9.91. The van der Waals surface area contributed by atoms with Gasteiger partial charge >= 0.3 is 39.5 Å². The van der Waals surface area contributed by atoms with Crippen molar-refractivity contribution >= 4 is 39.5 Å². The number of aliphatic hydroxyl groups is 1. The summed E-state index contributed by atoms with van der Waals surface area (Å²) < 4.78 is 68.4. The second-order valence-corrected chi connectivity index (χ2v) is 31.1. The number of ether oxygens (including phenoxy) is 4. The lowest BCUT2D eigenvalue weighted by Crippen LogP contribution is -2.30. The fraction of sp³-hybridized carbons (Fsp3) is 0.945. The van der Waals surface area contributed by atoms with Crippen LogP contribution in [0.25, 0.3) is 0 Å². The first-order valence-corrected chi connectivity index (χ1v) is 40.7. The molecule has 17 nitrogen and oxygen atoms in total. The smallest absolute Gasteiger partial charge is 0.462 e. The van der Waals surface area contributed by atoms with Gasteiger partial charge in [0.15, 0.2) is 12.2 Å². The molecule has 92 heavy (non-hydrogen) atoms. The van der Waals surface area contributed by atoms with Crippen LogP contribution < -0.4 is 0 Å². The minimum Gasteiger partial charge on any atom is -0.462 e. The molecule has 3 N–H and O–H groups in total. The summed E-state index contributed by atoms with van der Waals surface area (Å²) in [5, 5.41) is 10.6. The molecule has 0 amide bonds.